The molecule has 228 valence electrons. The van der Waals surface area contributed by atoms with Crippen molar-refractivity contribution in [3.8, 4) is 0 Å². The van der Waals surface area contributed by atoms with Gasteiger partial charge in [-0.25, -0.2) is 23.1 Å². The number of carbonyl (C=O) groups excluding carboxylic acids is 3. The maximum atomic E-state index is 13.7. The van der Waals surface area contributed by atoms with E-state index in [1.165, 1.54) is 30.5 Å². The second-order valence-electron chi connectivity index (χ2n) is 9.68. The second-order valence-corrected chi connectivity index (χ2v) is 10.4. The van der Waals surface area contributed by atoms with Crippen LogP contribution in [-0.4, -0.2) is 43.4 Å². The number of aromatic carboxylic acids is 1. The molecule has 3 amide bonds. The molecule has 0 saturated carbocycles. The molecule has 5 rings (SSSR count). The molecule has 0 bridgehead atoms. The summed E-state index contributed by atoms with van der Waals surface area (Å²) in [5, 5.41) is 21.4. The number of para-hydroxylation sites is 1. The molecule has 0 aliphatic carbocycles. The van der Waals surface area contributed by atoms with Crippen molar-refractivity contribution in [3.63, 3.8) is 0 Å². The Morgan fingerprint density at radius 1 is 0.822 bits per heavy atom. The Morgan fingerprint density at radius 2 is 1.51 bits per heavy atom. The van der Waals surface area contributed by atoms with Gasteiger partial charge in [0.2, 0.25) is 0 Å². The van der Waals surface area contributed by atoms with Gasteiger partial charge in [-0.1, -0.05) is 59.0 Å². The molecule has 45 heavy (non-hydrogen) atoms. The van der Waals surface area contributed by atoms with Gasteiger partial charge in [-0.05, 0) is 47.0 Å². The van der Waals surface area contributed by atoms with E-state index in [0.29, 0.717) is 15.7 Å². The van der Waals surface area contributed by atoms with Crippen LogP contribution >= 0.6 is 22.6 Å². The Kier molecular flexibility index (Phi) is 9.42. The minimum absolute atomic E-state index is 0.00757. The van der Waals surface area contributed by atoms with Gasteiger partial charge in [0, 0.05) is 29.3 Å². The van der Waals surface area contributed by atoms with Crippen molar-refractivity contribution < 1.29 is 33.1 Å². The zero-order valence-electron chi connectivity index (χ0n) is 23.2. The molecule has 5 aromatic rings. The highest BCUT2D eigenvalue weighted by molar-refractivity contribution is 14.1. The maximum absolute atomic E-state index is 13.7. The third-order valence-corrected chi connectivity index (χ3v) is 7.50. The third kappa shape index (κ3) is 7.12. The van der Waals surface area contributed by atoms with E-state index in [1.807, 2.05) is 12.1 Å². The lowest BCUT2D eigenvalue weighted by molar-refractivity contribution is 0.0696. The fraction of sp³-hybridized carbons (Fsp3) is 0.0968. The first-order valence-electron chi connectivity index (χ1n) is 13.3. The Bertz CT molecular complexity index is 1950. The molecule has 3 aromatic carbocycles. The predicted octanol–water partition coefficient (Wildman–Crippen LogP) is 4.75. The van der Waals surface area contributed by atoms with Gasteiger partial charge in [0.1, 0.15) is 17.0 Å². The van der Waals surface area contributed by atoms with Crippen LogP contribution in [0.15, 0.2) is 79.0 Å². The summed E-state index contributed by atoms with van der Waals surface area (Å²) in [7, 11) is 0. The standard InChI is InChI=1S/C31H23F2IN6O5/c32-22-10-7-18(11-23(22)33)15-35-29(42)25-12-26(30(43)36-14-17-5-8-19(9-6-17)31(44)45)40-27(38-25)21(16-37-40)28(41)39-24-4-2-1-3-20(24)13-34/h1-12,16H,13-15H2,(H,35,42)(H,36,43)(H,39,41)(H,44,45). The number of carbonyl (C=O) groups is 4. The van der Waals surface area contributed by atoms with Crippen molar-refractivity contribution in [2.75, 3.05) is 5.32 Å². The van der Waals surface area contributed by atoms with Crippen LogP contribution in [0.3, 0.4) is 0 Å². The largest absolute Gasteiger partial charge is 0.478 e. The minimum Gasteiger partial charge on any atom is -0.478 e. The van der Waals surface area contributed by atoms with E-state index in [2.05, 4.69) is 48.6 Å². The van der Waals surface area contributed by atoms with Crippen LogP contribution in [0, 0.1) is 11.6 Å². The van der Waals surface area contributed by atoms with Crippen LogP contribution in [0.5, 0.6) is 0 Å². The normalized spacial score (nSPS) is 10.8. The molecule has 2 aromatic heterocycles. The minimum atomic E-state index is -1.09. The van der Waals surface area contributed by atoms with E-state index >= 15 is 0 Å². The third-order valence-electron chi connectivity index (χ3n) is 6.68. The van der Waals surface area contributed by atoms with Gasteiger partial charge in [0.15, 0.2) is 17.3 Å². The molecule has 0 spiro atoms. The number of benzene rings is 3. The van der Waals surface area contributed by atoms with Gasteiger partial charge in [-0.2, -0.15) is 5.10 Å². The lowest BCUT2D eigenvalue weighted by Gasteiger charge is -2.11. The number of aromatic nitrogens is 3. The number of halogens is 3. The summed E-state index contributed by atoms with van der Waals surface area (Å²) < 4.78 is 28.8. The molecule has 0 saturated heterocycles. The smallest absolute Gasteiger partial charge is 0.335 e. The van der Waals surface area contributed by atoms with Crippen LogP contribution in [0.2, 0.25) is 0 Å². The van der Waals surface area contributed by atoms with Gasteiger partial charge in [-0.15, -0.1) is 0 Å². The zero-order valence-corrected chi connectivity index (χ0v) is 25.3. The van der Waals surface area contributed by atoms with E-state index < -0.39 is 35.3 Å². The number of nitrogens with one attached hydrogen (secondary N) is 3. The van der Waals surface area contributed by atoms with E-state index in [0.717, 1.165) is 22.2 Å². The van der Waals surface area contributed by atoms with Gasteiger partial charge < -0.3 is 21.1 Å². The number of carboxylic acid groups (broad SMARTS) is 1. The number of anilines is 1. The number of nitrogens with zero attached hydrogens (tertiary/aromatic N) is 3. The van der Waals surface area contributed by atoms with E-state index in [4.69, 9.17) is 5.11 Å². The van der Waals surface area contributed by atoms with Crippen molar-refractivity contribution in [1.82, 2.24) is 25.2 Å². The van der Waals surface area contributed by atoms with Gasteiger partial charge in [0.05, 0.1) is 11.8 Å². The first-order valence-corrected chi connectivity index (χ1v) is 14.8. The Hall–Kier alpha value is -5.25. The van der Waals surface area contributed by atoms with Crippen molar-refractivity contribution in [3.05, 3.63) is 130 Å². The molecule has 11 nitrogen and oxygen atoms in total. The summed E-state index contributed by atoms with van der Waals surface area (Å²) >= 11 is 2.17. The molecule has 2 heterocycles. The number of hydrogen-bond donors (Lipinski definition) is 4. The molecule has 14 heteroatoms. The SMILES string of the molecule is O=C(O)c1ccc(CNC(=O)c2cc(C(=O)NCc3ccc(F)c(F)c3)nc3c(C(=O)Nc4ccccc4CI)cnn23)cc1. The van der Waals surface area contributed by atoms with E-state index in [9.17, 15) is 28.0 Å². The Balaban J connectivity index is 1.46. The average molecular weight is 724 g/mol. The number of rotatable bonds is 10. The zero-order chi connectivity index (χ0) is 32.1. The molecule has 4 N–H and O–H groups in total. The summed E-state index contributed by atoms with van der Waals surface area (Å²) in [5.74, 6) is -5.17. The van der Waals surface area contributed by atoms with Crippen LogP contribution in [0.25, 0.3) is 5.65 Å². The summed E-state index contributed by atoms with van der Waals surface area (Å²) in [6, 6.07) is 17.5. The van der Waals surface area contributed by atoms with Crippen molar-refractivity contribution in [1.29, 1.82) is 0 Å². The monoisotopic (exact) mass is 724 g/mol. The molecule has 0 unspecified atom stereocenters. The van der Waals surface area contributed by atoms with Gasteiger partial charge in [0.25, 0.3) is 17.7 Å². The van der Waals surface area contributed by atoms with Crippen LogP contribution < -0.4 is 16.0 Å². The highest BCUT2D eigenvalue weighted by atomic mass is 127. The highest BCUT2D eigenvalue weighted by Gasteiger charge is 2.23. The van der Waals surface area contributed by atoms with Crippen molar-refractivity contribution >= 4 is 57.6 Å². The molecule has 0 aliphatic rings. The fourth-order valence-electron chi connectivity index (χ4n) is 4.31. The predicted molar refractivity (Wildman–Crippen MR) is 167 cm³/mol. The van der Waals surface area contributed by atoms with Crippen LogP contribution in [0.1, 0.15) is 58.4 Å². The molecule has 0 aliphatic heterocycles. The number of carboxylic acids is 1. The maximum Gasteiger partial charge on any atom is 0.335 e. The lowest BCUT2D eigenvalue weighted by Crippen LogP contribution is -2.28. The van der Waals surface area contributed by atoms with Gasteiger partial charge >= 0.3 is 5.97 Å². The Morgan fingerprint density at radius 3 is 2.22 bits per heavy atom. The first-order chi connectivity index (χ1) is 21.6. The van der Waals surface area contributed by atoms with Crippen molar-refractivity contribution in [2.45, 2.75) is 17.5 Å². The summed E-state index contributed by atoms with van der Waals surface area (Å²) in [4.78, 5) is 55.4. The summed E-state index contributed by atoms with van der Waals surface area (Å²) in [5.41, 5.74) is 2.00. The average Bonchev–Trinajstić information content (AvgIpc) is 3.48. The Labute approximate surface area is 267 Å². The number of alkyl halides is 1. The fourth-order valence-corrected chi connectivity index (χ4v) is 4.98. The highest BCUT2D eigenvalue weighted by Crippen LogP contribution is 2.21. The second kappa shape index (κ2) is 13.6. The van der Waals surface area contributed by atoms with Gasteiger partial charge in [-0.3, -0.25) is 14.4 Å². The lowest BCUT2D eigenvalue weighted by atomic mass is 10.1. The molecular weight excluding hydrogens is 701 g/mol. The van der Waals surface area contributed by atoms with Crippen molar-refractivity contribution in [2.24, 2.45) is 0 Å². The molecule has 0 radical (unpaired) electrons. The molecular formula is C31H23F2IN6O5. The van der Waals surface area contributed by atoms with E-state index in [-0.39, 0.29) is 46.8 Å². The number of fused-ring (bicyclic) bond motifs is 1. The first kappa shape index (κ1) is 31.2. The quantitative estimate of drug-likeness (QED) is 0.120. The molecule has 0 fully saturated rings. The molecule has 0 atom stereocenters. The van der Waals surface area contributed by atoms with E-state index in [1.54, 1.807) is 24.3 Å². The topological polar surface area (TPSA) is 155 Å². The number of amides is 3. The van der Waals surface area contributed by atoms with Crippen LogP contribution in [0.4, 0.5) is 14.5 Å². The number of hydrogen-bond acceptors (Lipinski definition) is 6. The summed E-state index contributed by atoms with van der Waals surface area (Å²) in [6.45, 7) is -0.154. The summed E-state index contributed by atoms with van der Waals surface area (Å²) in [6.07, 6.45) is 1.23. The van der Waals surface area contributed by atoms with Crippen LogP contribution in [-0.2, 0) is 17.5 Å².